The molecule has 0 aromatic heterocycles. The monoisotopic (exact) mass is 332 g/mol. The molecule has 7 heteroatoms. The maximum Gasteiger partial charge on any atom is 0.283 e. The highest BCUT2D eigenvalue weighted by Gasteiger charge is 2.17. The van der Waals surface area contributed by atoms with E-state index in [0.29, 0.717) is 10.6 Å². The van der Waals surface area contributed by atoms with Crippen LogP contribution in [0.4, 0.5) is 5.69 Å². The van der Waals surface area contributed by atoms with E-state index in [9.17, 15) is 14.9 Å². The summed E-state index contributed by atoms with van der Waals surface area (Å²) in [6, 6.07) is 11.8. The third-order valence-corrected chi connectivity index (χ3v) is 4.05. The summed E-state index contributed by atoms with van der Waals surface area (Å²) in [7, 11) is 1.56. The standard InChI is InChI=1S/C16H16N2O4S/c1-22-14-6-4-3-5-12(14)10-17-16(19)11-7-8-15(23-2)13(9-11)18(20)21/h3-9H,10H2,1-2H3,(H,17,19). The van der Waals surface area contributed by atoms with Gasteiger partial charge in [-0.15, -0.1) is 11.8 Å². The molecule has 0 aliphatic heterocycles. The minimum atomic E-state index is -0.483. The summed E-state index contributed by atoms with van der Waals surface area (Å²) in [6.45, 7) is 0.279. The van der Waals surface area contributed by atoms with E-state index in [4.69, 9.17) is 4.74 Å². The fourth-order valence-electron chi connectivity index (χ4n) is 2.10. The fourth-order valence-corrected chi connectivity index (χ4v) is 2.65. The smallest absolute Gasteiger partial charge is 0.283 e. The van der Waals surface area contributed by atoms with Crippen molar-refractivity contribution in [3.05, 3.63) is 63.7 Å². The molecular weight excluding hydrogens is 316 g/mol. The zero-order valence-corrected chi connectivity index (χ0v) is 13.6. The van der Waals surface area contributed by atoms with Crippen LogP contribution in [-0.2, 0) is 6.54 Å². The van der Waals surface area contributed by atoms with Gasteiger partial charge in [-0.1, -0.05) is 18.2 Å². The van der Waals surface area contributed by atoms with Crippen LogP contribution in [0, 0.1) is 10.1 Å². The first kappa shape index (κ1) is 16.8. The number of amides is 1. The molecule has 0 saturated carbocycles. The van der Waals surface area contributed by atoms with Crippen LogP contribution in [-0.4, -0.2) is 24.2 Å². The van der Waals surface area contributed by atoms with Gasteiger partial charge in [-0.25, -0.2) is 0 Å². The molecule has 0 aliphatic carbocycles. The molecule has 0 unspecified atom stereocenters. The van der Waals surface area contributed by atoms with Crippen LogP contribution in [0.2, 0.25) is 0 Å². The average molecular weight is 332 g/mol. The second-order valence-corrected chi connectivity index (χ2v) is 5.49. The SMILES string of the molecule is COc1ccccc1CNC(=O)c1ccc(SC)c([N+](=O)[O-])c1. The van der Waals surface area contributed by atoms with Crippen LogP contribution >= 0.6 is 11.8 Å². The third kappa shape index (κ3) is 4.01. The van der Waals surface area contributed by atoms with Gasteiger partial charge in [-0.05, 0) is 24.5 Å². The first-order valence-electron chi connectivity index (χ1n) is 6.79. The predicted molar refractivity (Wildman–Crippen MR) is 89.0 cm³/mol. The summed E-state index contributed by atoms with van der Waals surface area (Å²) in [5, 5.41) is 13.8. The fraction of sp³-hybridized carbons (Fsp3) is 0.188. The number of methoxy groups -OCH3 is 1. The lowest BCUT2D eigenvalue weighted by Crippen LogP contribution is -2.23. The number of carbonyl (C=O) groups is 1. The Labute approximate surface area is 138 Å². The first-order valence-corrected chi connectivity index (χ1v) is 8.01. The minimum Gasteiger partial charge on any atom is -0.496 e. The molecule has 0 radical (unpaired) electrons. The molecule has 120 valence electrons. The number of carbonyl (C=O) groups excluding carboxylic acids is 1. The average Bonchev–Trinajstić information content (AvgIpc) is 2.59. The molecule has 0 saturated heterocycles. The number of nitro groups is 1. The molecule has 0 atom stereocenters. The maximum absolute atomic E-state index is 12.2. The number of nitro benzene ring substituents is 1. The largest absolute Gasteiger partial charge is 0.496 e. The molecule has 6 nitrogen and oxygen atoms in total. The Morgan fingerprint density at radius 1 is 1.30 bits per heavy atom. The van der Waals surface area contributed by atoms with Crippen molar-refractivity contribution in [3.8, 4) is 5.75 Å². The number of benzene rings is 2. The normalized spacial score (nSPS) is 10.2. The highest BCUT2D eigenvalue weighted by molar-refractivity contribution is 7.98. The molecule has 0 aliphatic rings. The van der Waals surface area contributed by atoms with Gasteiger partial charge in [0.15, 0.2) is 0 Å². The van der Waals surface area contributed by atoms with Crippen molar-refractivity contribution in [2.24, 2.45) is 0 Å². The van der Waals surface area contributed by atoms with Crippen LogP contribution in [0.15, 0.2) is 47.4 Å². The summed E-state index contributed by atoms with van der Waals surface area (Å²) in [4.78, 5) is 23.3. The lowest BCUT2D eigenvalue weighted by Gasteiger charge is -2.10. The first-order chi connectivity index (χ1) is 11.1. The summed E-state index contributed by atoms with van der Waals surface area (Å²) in [5.74, 6) is 0.308. The second-order valence-electron chi connectivity index (χ2n) is 4.64. The Hall–Kier alpha value is -2.54. The number of ether oxygens (including phenoxy) is 1. The van der Waals surface area contributed by atoms with E-state index in [1.807, 2.05) is 18.2 Å². The van der Waals surface area contributed by atoms with Gasteiger partial charge in [0.25, 0.3) is 11.6 Å². The molecule has 2 aromatic rings. The predicted octanol–water partition coefficient (Wildman–Crippen LogP) is 3.26. The van der Waals surface area contributed by atoms with Crippen LogP contribution in [0.5, 0.6) is 5.75 Å². The Morgan fingerprint density at radius 3 is 2.70 bits per heavy atom. The topological polar surface area (TPSA) is 81.5 Å². The highest BCUT2D eigenvalue weighted by Crippen LogP contribution is 2.28. The van der Waals surface area contributed by atoms with Gasteiger partial charge in [0.2, 0.25) is 0 Å². The van der Waals surface area contributed by atoms with Crippen molar-refractivity contribution in [2.75, 3.05) is 13.4 Å². The number of para-hydroxylation sites is 1. The van der Waals surface area contributed by atoms with E-state index in [-0.39, 0.29) is 23.7 Å². The lowest BCUT2D eigenvalue weighted by atomic mass is 10.1. The van der Waals surface area contributed by atoms with Crippen molar-refractivity contribution in [1.29, 1.82) is 0 Å². The summed E-state index contributed by atoms with van der Waals surface area (Å²) < 4.78 is 5.22. The van der Waals surface area contributed by atoms with Gasteiger partial charge in [-0.2, -0.15) is 0 Å². The number of thioether (sulfide) groups is 1. The molecule has 23 heavy (non-hydrogen) atoms. The van der Waals surface area contributed by atoms with Gasteiger partial charge in [-0.3, -0.25) is 14.9 Å². The molecule has 0 heterocycles. The van der Waals surface area contributed by atoms with E-state index in [1.54, 1.807) is 31.6 Å². The zero-order valence-electron chi connectivity index (χ0n) is 12.7. The van der Waals surface area contributed by atoms with Crippen molar-refractivity contribution in [1.82, 2.24) is 5.32 Å². The number of hydrogen-bond acceptors (Lipinski definition) is 5. The number of nitrogens with zero attached hydrogens (tertiary/aromatic N) is 1. The van der Waals surface area contributed by atoms with E-state index in [0.717, 1.165) is 5.56 Å². The van der Waals surface area contributed by atoms with Crippen LogP contribution in [0.3, 0.4) is 0 Å². The Balaban J connectivity index is 2.15. The van der Waals surface area contributed by atoms with Crippen molar-refractivity contribution in [3.63, 3.8) is 0 Å². The Bertz CT molecular complexity index is 734. The summed E-state index contributed by atoms with van der Waals surface area (Å²) in [6.07, 6.45) is 1.75. The van der Waals surface area contributed by atoms with Gasteiger partial charge in [0.1, 0.15) is 5.75 Å². The molecule has 0 spiro atoms. The van der Waals surface area contributed by atoms with E-state index in [1.165, 1.54) is 17.8 Å². The molecule has 2 rings (SSSR count). The van der Waals surface area contributed by atoms with Crippen molar-refractivity contribution < 1.29 is 14.5 Å². The lowest BCUT2D eigenvalue weighted by molar-refractivity contribution is -0.387. The van der Waals surface area contributed by atoms with Crippen molar-refractivity contribution >= 4 is 23.4 Å². The molecule has 1 N–H and O–H groups in total. The van der Waals surface area contributed by atoms with E-state index >= 15 is 0 Å². The summed E-state index contributed by atoms with van der Waals surface area (Å²) in [5.41, 5.74) is 1.02. The molecule has 1 amide bonds. The van der Waals surface area contributed by atoms with Gasteiger partial charge in [0.05, 0.1) is 16.9 Å². The number of rotatable bonds is 6. The van der Waals surface area contributed by atoms with Crippen LogP contribution < -0.4 is 10.1 Å². The molecule has 0 bridgehead atoms. The second kappa shape index (κ2) is 7.64. The third-order valence-electron chi connectivity index (χ3n) is 3.27. The van der Waals surface area contributed by atoms with Gasteiger partial charge >= 0.3 is 0 Å². The Kier molecular flexibility index (Phi) is 5.59. The van der Waals surface area contributed by atoms with E-state index in [2.05, 4.69) is 5.32 Å². The maximum atomic E-state index is 12.2. The highest BCUT2D eigenvalue weighted by atomic mass is 32.2. The summed E-state index contributed by atoms with van der Waals surface area (Å²) >= 11 is 1.27. The Morgan fingerprint density at radius 2 is 2.04 bits per heavy atom. The quantitative estimate of drug-likeness (QED) is 0.499. The van der Waals surface area contributed by atoms with Crippen molar-refractivity contribution in [2.45, 2.75) is 11.4 Å². The molecular formula is C16H16N2O4S. The van der Waals surface area contributed by atoms with E-state index < -0.39 is 4.92 Å². The van der Waals surface area contributed by atoms with Gasteiger partial charge < -0.3 is 10.1 Å². The minimum absolute atomic E-state index is 0.0672. The molecule has 0 fully saturated rings. The van der Waals surface area contributed by atoms with Crippen LogP contribution in [0.25, 0.3) is 0 Å². The van der Waals surface area contributed by atoms with Crippen LogP contribution in [0.1, 0.15) is 15.9 Å². The molecule has 2 aromatic carbocycles. The number of hydrogen-bond donors (Lipinski definition) is 1. The zero-order chi connectivity index (χ0) is 16.8. The van der Waals surface area contributed by atoms with Gasteiger partial charge in [0, 0.05) is 23.7 Å². The number of nitrogens with one attached hydrogen (secondary N) is 1.